The summed E-state index contributed by atoms with van der Waals surface area (Å²) >= 11 is 0. The van der Waals surface area contributed by atoms with Gasteiger partial charge in [0, 0.05) is 55.2 Å². The van der Waals surface area contributed by atoms with Crippen LogP contribution in [0.3, 0.4) is 0 Å². The Kier molecular flexibility index (Phi) is 9.97. The van der Waals surface area contributed by atoms with Gasteiger partial charge in [-0.2, -0.15) is 0 Å². The highest BCUT2D eigenvalue weighted by Crippen LogP contribution is 2.42. The van der Waals surface area contributed by atoms with E-state index >= 15 is 0 Å². The Balaban J connectivity index is 0.000000782. The van der Waals surface area contributed by atoms with E-state index in [0.29, 0.717) is 5.41 Å². The maximum Gasteiger partial charge on any atom is 0.307 e. The Morgan fingerprint density at radius 3 is 2.21 bits per heavy atom. The van der Waals surface area contributed by atoms with Crippen molar-refractivity contribution in [2.24, 2.45) is 5.41 Å². The molecule has 3 heterocycles. The van der Waals surface area contributed by atoms with Crippen molar-refractivity contribution in [2.45, 2.75) is 92.8 Å². The van der Waals surface area contributed by atoms with Gasteiger partial charge in [0.15, 0.2) is 0 Å². The molecule has 3 aromatic rings. The number of pyridine rings is 1. The molecule has 0 saturated carbocycles. The monoisotopic (exact) mass is 589 g/mol. The fraction of sp³-hybridized carbons (Fsp3) is 0.500. The highest BCUT2D eigenvalue weighted by atomic mass is 19.1. The maximum atomic E-state index is 13.3. The van der Waals surface area contributed by atoms with E-state index in [-0.39, 0.29) is 12.2 Å². The molecule has 7 heteroatoms. The summed E-state index contributed by atoms with van der Waals surface area (Å²) in [6.07, 6.45) is 3.07. The molecule has 43 heavy (non-hydrogen) atoms. The molecular weight excluding hydrogens is 541 g/mol. The number of aryl methyl sites for hydroxylation is 2. The molecule has 1 fully saturated rings. The van der Waals surface area contributed by atoms with Crippen LogP contribution in [-0.4, -0.2) is 51.3 Å². The molecule has 1 saturated heterocycles. The minimum absolute atomic E-state index is 0.0232. The number of fused-ring (bicyclic) bond motifs is 1. The standard InChI is InChI=1S/C32H38FN3O2.C4H10O/c1-21-28(18-29(37)38)31(36-15-12-32(3,4)13-16-36)30(22(2)34-21)25-7-8-26-20-35(14-11-24(26)17-25)19-23-5-9-27(33)10-6-23;1-4(2,3)5/h5-10,17H,11-16,18-20H2,1-4H3,(H,37,38);5H,1-3H3. The second-order valence-electron chi connectivity index (χ2n) is 13.9. The number of piperidine rings is 1. The summed E-state index contributed by atoms with van der Waals surface area (Å²) in [6, 6.07) is 13.5. The molecule has 2 aliphatic rings. The number of halogens is 1. The van der Waals surface area contributed by atoms with Gasteiger partial charge in [0.25, 0.3) is 0 Å². The molecule has 6 nitrogen and oxygen atoms in total. The summed E-state index contributed by atoms with van der Waals surface area (Å²) in [7, 11) is 0. The van der Waals surface area contributed by atoms with Gasteiger partial charge < -0.3 is 15.1 Å². The Bertz CT molecular complexity index is 1430. The van der Waals surface area contributed by atoms with Crippen molar-refractivity contribution >= 4 is 11.7 Å². The number of anilines is 1. The van der Waals surface area contributed by atoms with Gasteiger partial charge in [-0.25, -0.2) is 4.39 Å². The van der Waals surface area contributed by atoms with E-state index in [4.69, 9.17) is 10.1 Å². The van der Waals surface area contributed by atoms with E-state index in [2.05, 4.69) is 41.8 Å². The van der Waals surface area contributed by atoms with E-state index in [1.165, 1.54) is 23.3 Å². The van der Waals surface area contributed by atoms with Crippen LogP contribution < -0.4 is 4.90 Å². The topological polar surface area (TPSA) is 76.9 Å². The molecule has 1 aromatic heterocycles. The first-order chi connectivity index (χ1) is 20.1. The number of aliphatic hydroxyl groups is 1. The summed E-state index contributed by atoms with van der Waals surface area (Å²) in [5, 5.41) is 18.3. The smallest absolute Gasteiger partial charge is 0.307 e. The van der Waals surface area contributed by atoms with Crippen LogP contribution >= 0.6 is 0 Å². The van der Waals surface area contributed by atoms with Gasteiger partial charge in [0.1, 0.15) is 5.82 Å². The number of carboxylic acids is 1. The van der Waals surface area contributed by atoms with Crippen molar-refractivity contribution < 1.29 is 19.4 Å². The Labute approximate surface area is 256 Å². The van der Waals surface area contributed by atoms with Gasteiger partial charge in [-0.15, -0.1) is 0 Å². The minimum atomic E-state index is -0.824. The molecule has 232 valence electrons. The van der Waals surface area contributed by atoms with Crippen LogP contribution in [0.4, 0.5) is 10.1 Å². The van der Waals surface area contributed by atoms with Crippen LogP contribution in [0, 0.1) is 25.1 Å². The van der Waals surface area contributed by atoms with Gasteiger partial charge in [-0.05, 0) is 93.7 Å². The molecular formula is C36H48FN3O3. The van der Waals surface area contributed by atoms with Crippen molar-refractivity contribution in [3.63, 3.8) is 0 Å². The average Bonchev–Trinajstić information content (AvgIpc) is 2.90. The predicted molar refractivity (Wildman–Crippen MR) is 172 cm³/mol. The van der Waals surface area contributed by atoms with Crippen LogP contribution in [-0.2, 0) is 30.7 Å². The number of carbonyl (C=O) groups is 1. The number of rotatable bonds is 6. The normalized spacial score (nSPS) is 16.7. The largest absolute Gasteiger partial charge is 0.481 e. The molecule has 0 bridgehead atoms. The van der Waals surface area contributed by atoms with E-state index in [1.54, 1.807) is 20.8 Å². The van der Waals surface area contributed by atoms with Crippen LogP contribution in [0.1, 0.15) is 81.1 Å². The summed E-state index contributed by atoms with van der Waals surface area (Å²) in [5.41, 5.74) is 9.40. The van der Waals surface area contributed by atoms with E-state index in [1.807, 2.05) is 26.0 Å². The fourth-order valence-corrected chi connectivity index (χ4v) is 6.01. The molecule has 0 aliphatic carbocycles. The molecule has 0 unspecified atom stereocenters. The molecule has 0 amide bonds. The minimum Gasteiger partial charge on any atom is -0.481 e. The number of aromatic nitrogens is 1. The Morgan fingerprint density at radius 1 is 0.977 bits per heavy atom. The van der Waals surface area contributed by atoms with Crippen molar-refractivity contribution in [1.82, 2.24) is 9.88 Å². The maximum absolute atomic E-state index is 13.3. The van der Waals surface area contributed by atoms with Crippen molar-refractivity contribution in [3.05, 3.63) is 81.9 Å². The quantitative estimate of drug-likeness (QED) is 0.320. The molecule has 0 atom stereocenters. The van der Waals surface area contributed by atoms with Crippen LogP contribution in [0.15, 0.2) is 42.5 Å². The third-order valence-electron chi connectivity index (χ3n) is 8.32. The molecule has 0 spiro atoms. The molecule has 0 radical (unpaired) electrons. The highest BCUT2D eigenvalue weighted by molar-refractivity contribution is 5.86. The summed E-state index contributed by atoms with van der Waals surface area (Å²) in [4.78, 5) is 21.5. The van der Waals surface area contributed by atoms with Crippen molar-refractivity contribution in [3.8, 4) is 11.1 Å². The molecule has 5 rings (SSSR count). The van der Waals surface area contributed by atoms with Crippen LogP contribution in [0.2, 0.25) is 0 Å². The summed E-state index contributed by atoms with van der Waals surface area (Å²) in [6.45, 7) is 18.3. The first-order valence-electron chi connectivity index (χ1n) is 15.4. The van der Waals surface area contributed by atoms with Gasteiger partial charge in [0.05, 0.1) is 17.7 Å². The van der Waals surface area contributed by atoms with E-state index < -0.39 is 11.6 Å². The Hall–Kier alpha value is -3.29. The zero-order valence-corrected chi connectivity index (χ0v) is 26.9. The number of hydrogen-bond donors (Lipinski definition) is 2. The number of hydrogen-bond acceptors (Lipinski definition) is 5. The lowest BCUT2D eigenvalue weighted by atomic mass is 9.82. The van der Waals surface area contributed by atoms with Crippen molar-refractivity contribution in [2.75, 3.05) is 24.5 Å². The highest BCUT2D eigenvalue weighted by Gasteiger charge is 2.30. The van der Waals surface area contributed by atoms with Gasteiger partial charge in [-0.1, -0.05) is 44.2 Å². The second kappa shape index (κ2) is 13.1. The number of aliphatic carboxylic acids is 1. The molecule has 2 aliphatic heterocycles. The first-order valence-corrected chi connectivity index (χ1v) is 15.4. The SMILES string of the molecule is CC(C)(C)O.Cc1nc(C)c(-c2ccc3c(c2)CCN(Cc2ccc(F)cc2)C3)c(N2CCC(C)(C)CC2)c1CC(=O)O. The van der Waals surface area contributed by atoms with Gasteiger partial charge >= 0.3 is 5.97 Å². The van der Waals surface area contributed by atoms with Gasteiger partial charge in [0.2, 0.25) is 0 Å². The van der Waals surface area contributed by atoms with Crippen LogP contribution in [0.25, 0.3) is 11.1 Å². The Morgan fingerprint density at radius 2 is 1.60 bits per heavy atom. The first kappa shape index (κ1) is 32.6. The average molecular weight is 590 g/mol. The predicted octanol–water partition coefficient (Wildman–Crippen LogP) is 7.09. The van der Waals surface area contributed by atoms with Gasteiger partial charge in [-0.3, -0.25) is 14.7 Å². The second-order valence-corrected chi connectivity index (χ2v) is 13.9. The third-order valence-corrected chi connectivity index (χ3v) is 8.32. The van der Waals surface area contributed by atoms with E-state index in [0.717, 1.165) is 91.3 Å². The van der Waals surface area contributed by atoms with E-state index in [9.17, 15) is 14.3 Å². The zero-order chi connectivity index (χ0) is 31.5. The lowest BCUT2D eigenvalue weighted by Crippen LogP contribution is -2.38. The lowest BCUT2D eigenvalue weighted by molar-refractivity contribution is -0.136. The summed E-state index contributed by atoms with van der Waals surface area (Å²) in [5.74, 6) is -1.03. The number of carboxylic acid groups (broad SMARTS) is 1. The lowest BCUT2D eigenvalue weighted by Gasteiger charge is -2.40. The third kappa shape index (κ3) is 8.87. The zero-order valence-electron chi connectivity index (χ0n) is 26.9. The summed E-state index contributed by atoms with van der Waals surface area (Å²) < 4.78 is 13.3. The molecule has 2 aromatic carbocycles. The number of nitrogens with zero attached hydrogens (tertiary/aromatic N) is 3. The molecule has 2 N–H and O–H groups in total. The van der Waals surface area contributed by atoms with Crippen molar-refractivity contribution in [1.29, 1.82) is 0 Å². The number of benzene rings is 2. The fourth-order valence-electron chi connectivity index (χ4n) is 6.01. The van der Waals surface area contributed by atoms with Crippen LogP contribution in [0.5, 0.6) is 0 Å².